The molecule has 1 heterocycles. The van der Waals surface area contributed by atoms with Crippen molar-refractivity contribution in [1.29, 1.82) is 0 Å². The minimum Gasteiger partial charge on any atom is -0.308 e. The fourth-order valence-corrected chi connectivity index (χ4v) is 2.07. The smallest absolute Gasteiger partial charge is 0.308 e. The Morgan fingerprint density at radius 2 is 1.77 bits per heavy atom. The average molecular weight is 315 g/mol. The number of hydrogen-bond acceptors (Lipinski definition) is 4. The van der Waals surface area contributed by atoms with Crippen LogP contribution in [0.25, 0.3) is 11.4 Å². The van der Waals surface area contributed by atoms with Crippen LogP contribution in [0, 0.1) is 0 Å². The maximum Gasteiger partial charge on any atom is 0.323 e. The Bertz CT molecular complexity index is 790. The molecular formula is C14H11ClN6O. The lowest BCUT2D eigenvalue weighted by Gasteiger charge is -2.08. The number of aromatic amines is 1. The molecular weight excluding hydrogens is 304 g/mol. The molecule has 0 saturated carbocycles. The molecule has 7 nitrogen and oxygen atoms in total. The van der Waals surface area contributed by atoms with Crippen LogP contribution in [-0.2, 0) is 0 Å². The number of carbonyl (C=O) groups excluding carboxylic acids is 1. The summed E-state index contributed by atoms with van der Waals surface area (Å²) >= 11 is 5.87. The van der Waals surface area contributed by atoms with Gasteiger partial charge < -0.3 is 10.6 Å². The highest BCUT2D eigenvalue weighted by Crippen LogP contribution is 2.19. The minimum absolute atomic E-state index is 0.368. The van der Waals surface area contributed by atoms with Crippen LogP contribution in [0.2, 0.25) is 5.02 Å². The van der Waals surface area contributed by atoms with Gasteiger partial charge in [0, 0.05) is 22.0 Å². The molecule has 3 N–H and O–H groups in total. The molecule has 0 fully saturated rings. The van der Waals surface area contributed by atoms with Crippen LogP contribution in [0.5, 0.6) is 0 Å². The van der Waals surface area contributed by atoms with Gasteiger partial charge in [-0.05, 0) is 35.5 Å². The van der Waals surface area contributed by atoms with Crippen molar-refractivity contribution >= 4 is 29.0 Å². The first-order valence-electron chi connectivity index (χ1n) is 6.38. The quantitative estimate of drug-likeness (QED) is 0.692. The van der Waals surface area contributed by atoms with Crippen LogP contribution in [0.15, 0.2) is 48.5 Å². The zero-order valence-electron chi connectivity index (χ0n) is 11.2. The van der Waals surface area contributed by atoms with Gasteiger partial charge in [-0.2, -0.15) is 5.21 Å². The molecule has 22 heavy (non-hydrogen) atoms. The van der Waals surface area contributed by atoms with Gasteiger partial charge in [0.15, 0.2) is 0 Å². The Labute approximate surface area is 130 Å². The number of anilines is 2. The molecule has 0 radical (unpaired) electrons. The Kier molecular flexibility index (Phi) is 3.97. The van der Waals surface area contributed by atoms with Crippen LogP contribution >= 0.6 is 11.6 Å². The summed E-state index contributed by atoms with van der Waals surface area (Å²) in [6.07, 6.45) is 0. The molecule has 0 atom stereocenters. The molecule has 110 valence electrons. The first-order valence-corrected chi connectivity index (χ1v) is 6.76. The highest BCUT2D eigenvalue weighted by Gasteiger charge is 2.06. The van der Waals surface area contributed by atoms with Crippen molar-refractivity contribution < 1.29 is 4.79 Å². The van der Waals surface area contributed by atoms with Gasteiger partial charge in [-0.3, -0.25) is 0 Å². The van der Waals surface area contributed by atoms with Crippen LogP contribution in [-0.4, -0.2) is 26.7 Å². The van der Waals surface area contributed by atoms with Crippen LogP contribution in [0.3, 0.4) is 0 Å². The van der Waals surface area contributed by atoms with Crippen molar-refractivity contribution in [3.63, 3.8) is 0 Å². The van der Waals surface area contributed by atoms with Crippen LogP contribution in [0.4, 0.5) is 16.2 Å². The predicted molar refractivity (Wildman–Crippen MR) is 83.7 cm³/mol. The number of tetrazole rings is 1. The number of urea groups is 1. The zero-order valence-corrected chi connectivity index (χ0v) is 12.0. The fourth-order valence-electron chi connectivity index (χ4n) is 1.88. The molecule has 0 aliphatic carbocycles. The minimum atomic E-state index is -0.368. The third-order valence-electron chi connectivity index (χ3n) is 2.81. The Morgan fingerprint density at radius 3 is 2.45 bits per heavy atom. The number of halogens is 1. The summed E-state index contributed by atoms with van der Waals surface area (Å²) in [6.45, 7) is 0. The first kappa shape index (κ1) is 14.0. The van der Waals surface area contributed by atoms with Gasteiger partial charge in [0.2, 0.25) is 5.82 Å². The normalized spacial score (nSPS) is 10.2. The van der Waals surface area contributed by atoms with E-state index >= 15 is 0 Å². The molecule has 0 unspecified atom stereocenters. The van der Waals surface area contributed by atoms with Gasteiger partial charge in [0.1, 0.15) is 0 Å². The van der Waals surface area contributed by atoms with Gasteiger partial charge >= 0.3 is 6.03 Å². The monoisotopic (exact) mass is 314 g/mol. The molecule has 0 aliphatic heterocycles. The first-order chi connectivity index (χ1) is 10.7. The number of nitrogens with zero attached hydrogens (tertiary/aromatic N) is 3. The van der Waals surface area contributed by atoms with Gasteiger partial charge in [-0.15, -0.1) is 10.2 Å². The second-order valence-corrected chi connectivity index (χ2v) is 4.84. The average Bonchev–Trinajstić information content (AvgIpc) is 3.01. The number of aromatic nitrogens is 4. The fraction of sp³-hybridized carbons (Fsp3) is 0. The second-order valence-electron chi connectivity index (χ2n) is 4.41. The molecule has 2 aromatic carbocycles. The molecule has 0 saturated heterocycles. The maximum absolute atomic E-state index is 12.0. The van der Waals surface area contributed by atoms with Gasteiger partial charge in [0.05, 0.1) is 0 Å². The lowest BCUT2D eigenvalue weighted by molar-refractivity contribution is 0.262. The van der Waals surface area contributed by atoms with E-state index in [2.05, 4.69) is 31.3 Å². The van der Waals surface area contributed by atoms with E-state index in [1.54, 1.807) is 42.5 Å². The van der Waals surface area contributed by atoms with Crippen molar-refractivity contribution in [2.24, 2.45) is 0 Å². The van der Waals surface area contributed by atoms with E-state index in [-0.39, 0.29) is 6.03 Å². The Morgan fingerprint density at radius 1 is 1.05 bits per heavy atom. The molecule has 8 heteroatoms. The summed E-state index contributed by atoms with van der Waals surface area (Å²) < 4.78 is 0. The molecule has 0 spiro atoms. The summed E-state index contributed by atoms with van der Waals surface area (Å²) in [5.41, 5.74) is 1.97. The van der Waals surface area contributed by atoms with E-state index in [4.69, 9.17) is 11.6 Å². The molecule has 0 aliphatic rings. The molecule has 0 bridgehead atoms. The Balaban J connectivity index is 1.70. The van der Waals surface area contributed by atoms with Crippen molar-refractivity contribution in [2.75, 3.05) is 10.6 Å². The third kappa shape index (κ3) is 3.39. The van der Waals surface area contributed by atoms with E-state index in [0.717, 1.165) is 5.56 Å². The number of hydrogen-bond donors (Lipinski definition) is 3. The largest absolute Gasteiger partial charge is 0.323 e. The summed E-state index contributed by atoms with van der Waals surface area (Å²) in [5, 5.41) is 19.7. The second kappa shape index (κ2) is 6.23. The number of carbonyl (C=O) groups is 1. The number of rotatable bonds is 3. The van der Waals surface area contributed by atoms with Crippen molar-refractivity contribution in [1.82, 2.24) is 20.6 Å². The van der Waals surface area contributed by atoms with Crippen molar-refractivity contribution in [3.05, 3.63) is 53.6 Å². The van der Waals surface area contributed by atoms with E-state index in [1.807, 2.05) is 6.07 Å². The highest BCUT2D eigenvalue weighted by atomic mass is 35.5. The third-order valence-corrected chi connectivity index (χ3v) is 3.04. The van der Waals surface area contributed by atoms with Crippen LogP contribution < -0.4 is 10.6 Å². The standard InChI is InChI=1S/C14H11ClN6O/c15-10-4-2-6-12(8-10)17-14(22)16-11-5-1-3-9(7-11)13-18-20-21-19-13/h1-8H,(H2,16,17,22)(H,18,19,20,21). The van der Waals surface area contributed by atoms with E-state index < -0.39 is 0 Å². The van der Waals surface area contributed by atoms with E-state index in [9.17, 15) is 4.79 Å². The van der Waals surface area contributed by atoms with Crippen LogP contribution in [0.1, 0.15) is 0 Å². The summed E-state index contributed by atoms with van der Waals surface area (Å²) in [7, 11) is 0. The van der Waals surface area contributed by atoms with Crippen molar-refractivity contribution in [2.45, 2.75) is 0 Å². The highest BCUT2D eigenvalue weighted by molar-refractivity contribution is 6.30. The topological polar surface area (TPSA) is 95.6 Å². The summed E-state index contributed by atoms with van der Waals surface area (Å²) in [4.78, 5) is 12.0. The molecule has 1 aromatic heterocycles. The lowest BCUT2D eigenvalue weighted by atomic mass is 10.2. The summed E-state index contributed by atoms with van der Waals surface area (Å²) in [6, 6.07) is 13.7. The van der Waals surface area contributed by atoms with Crippen molar-refractivity contribution in [3.8, 4) is 11.4 Å². The SMILES string of the molecule is O=C(Nc1cccc(Cl)c1)Nc1cccc(-c2nn[nH]n2)c1. The number of nitrogens with one attached hydrogen (secondary N) is 3. The van der Waals surface area contributed by atoms with E-state index in [1.165, 1.54) is 0 Å². The number of H-pyrrole nitrogens is 1. The predicted octanol–water partition coefficient (Wildman–Crippen LogP) is 3.16. The lowest BCUT2D eigenvalue weighted by Crippen LogP contribution is -2.19. The number of benzene rings is 2. The molecule has 3 aromatic rings. The van der Waals surface area contributed by atoms with E-state index in [0.29, 0.717) is 22.2 Å². The summed E-state index contributed by atoms with van der Waals surface area (Å²) in [5.74, 6) is 0.457. The maximum atomic E-state index is 12.0. The Hall–Kier alpha value is -2.93. The zero-order chi connectivity index (χ0) is 15.4. The van der Waals surface area contributed by atoms with Gasteiger partial charge in [-0.1, -0.05) is 29.8 Å². The van der Waals surface area contributed by atoms with Gasteiger partial charge in [0.25, 0.3) is 0 Å². The molecule has 3 rings (SSSR count). The van der Waals surface area contributed by atoms with Gasteiger partial charge in [-0.25, -0.2) is 4.79 Å². The molecule has 2 amide bonds. The number of amides is 2.